The third-order valence-electron chi connectivity index (χ3n) is 4.50. The summed E-state index contributed by atoms with van der Waals surface area (Å²) in [6, 6.07) is 14.3. The van der Waals surface area contributed by atoms with Crippen LogP contribution < -0.4 is 0 Å². The number of hydrogen-bond acceptors (Lipinski definition) is 3. The number of fused-ring (bicyclic) bond motifs is 1. The van der Waals surface area contributed by atoms with E-state index in [-0.39, 0.29) is 11.3 Å². The van der Waals surface area contributed by atoms with E-state index in [0.717, 1.165) is 12.1 Å². The monoisotopic (exact) mass is 337 g/mol. The number of para-hydroxylation sites is 1. The van der Waals surface area contributed by atoms with Crippen LogP contribution in [-0.2, 0) is 18.3 Å². The summed E-state index contributed by atoms with van der Waals surface area (Å²) in [5.41, 5.74) is 3.46. The molecule has 3 aromatic rings. The number of pyridine rings is 1. The molecule has 1 aliphatic heterocycles. The average molecular weight is 337 g/mol. The van der Waals surface area contributed by atoms with E-state index in [9.17, 15) is 4.79 Å². The number of rotatable bonds is 4. The fraction of sp³-hybridized carbons (Fsp3) is 0.263. The SMILES string of the molecule is Cn1cc(C2SCC(=O)N2CCc2ccccn2)c2ccccc21. The fourth-order valence-electron chi connectivity index (χ4n) is 3.30. The van der Waals surface area contributed by atoms with Crippen LogP contribution in [-0.4, -0.2) is 32.7 Å². The molecule has 1 aromatic carbocycles. The van der Waals surface area contributed by atoms with Crippen molar-refractivity contribution in [3.8, 4) is 0 Å². The number of aromatic nitrogens is 2. The Morgan fingerprint density at radius 2 is 2.04 bits per heavy atom. The van der Waals surface area contributed by atoms with Gasteiger partial charge in [0.05, 0.1) is 5.75 Å². The maximum Gasteiger partial charge on any atom is 0.233 e. The van der Waals surface area contributed by atoms with Crippen LogP contribution in [0, 0.1) is 0 Å². The van der Waals surface area contributed by atoms with Crippen molar-refractivity contribution in [1.82, 2.24) is 14.5 Å². The molecule has 1 fully saturated rings. The van der Waals surface area contributed by atoms with Gasteiger partial charge in [-0.05, 0) is 18.2 Å². The molecule has 0 aliphatic carbocycles. The Balaban J connectivity index is 1.62. The Hall–Kier alpha value is -2.27. The lowest BCUT2D eigenvalue weighted by atomic mass is 10.1. The van der Waals surface area contributed by atoms with E-state index in [4.69, 9.17) is 0 Å². The van der Waals surface area contributed by atoms with E-state index in [0.29, 0.717) is 12.3 Å². The van der Waals surface area contributed by atoms with Gasteiger partial charge in [-0.25, -0.2) is 0 Å². The van der Waals surface area contributed by atoms with Crippen LogP contribution in [0.2, 0.25) is 0 Å². The first-order chi connectivity index (χ1) is 11.7. The van der Waals surface area contributed by atoms with Crippen LogP contribution in [0.1, 0.15) is 16.6 Å². The van der Waals surface area contributed by atoms with Gasteiger partial charge < -0.3 is 9.47 Å². The minimum absolute atomic E-state index is 0.0901. The topological polar surface area (TPSA) is 38.1 Å². The van der Waals surface area contributed by atoms with E-state index in [1.807, 2.05) is 23.1 Å². The number of amides is 1. The minimum Gasteiger partial charge on any atom is -0.350 e. The van der Waals surface area contributed by atoms with E-state index in [2.05, 4.69) is 47.1 Å². The molecule has 2 aromatic heterocycles. The number of aryl methyl sites for hydroxylation is 1. The van der Waals surface area contributed by atoms with Crippen molar-refractivity contribution in [2.75, 3.05) is 12.3 Å². The molecular formula is C19H19N3OS. The lowest BCUT2D eigenvalue weighted by Crippen LogP contribution is -2.30. The van der Waals surface area contributed by atoms with Crippen molar-refractivity contribution >= 4 is 28.6 Å². The second kappa shape index (κ2) is 6.32. The van der Waals surface area contributed by atoms with Gasteiger partial charge in [-0.3, -0.25) is 9.78 Å². The molecule has 1 saturated heterocycles. The molecule has 5 heteroatoms. The van der Waals surface area contributed by atoms with Gasteiger partial charge in [0.2, 0.25) is 5.91 Å². The summed E-state index contributed by atoms with van der Waals surface area (Å²) in [6.45, 7) is 0.705. The summed E-state index contributed by atoms with van der Waals surface area (Å²) in [5, 5.41) is 1.32. The van der Waals surface area contributed by atoms with Crippen molar-refractivity contribution in [3.63, 3.8) is 0 Å². The van der Waals surface area contributed by atoms with Crippen LogP contribution >= 0.6 is 11.8 Å². The van der Waals surface area contributed by atoms with Crippen molar-refractivity contribution in [1.29, 1.82) is 0 Å². The summed E-state index contributed by atoms with van der Waals surface area (Å²) < 4.78 is 2.14. The molecule has 3 heterocycles. The second-order valence-electron chi connectivity index (χ2n) is 6.03. The van der Waals surface area contributed by atoms with Crippen molar-refractivity contribution < 1.29 is 4.79 Å². The molecule has 0 radical (unpaired) electrons. The fourth-order valence-corrected chi connectivity index (χ4v) is 4.54. The zero-order valence-electron chi connectivity index (χ0n) is 13.6. The molecule has 0 spiro atoms. The van der Waals surface area contributed by atoms with Crippen molar-refractivity contribution in [2.24, 2.45) is 7.05 Å². The molecule has 0 N–H and O–H groups in total. The first-order valence-corrected chi connectivity index (χ1v) is 9.14. The van der Waals surface area contributed by atoms with Gasteiger partial charge in [0.15, 0.2) is 0 Å². The predicted molar refractivity (Wildman–Crippen MR) is 97.8 cm³/mol. The minimum atomic E-state index is 0.0901. The van der Waals surface area contributed by atoms with Gasteiger partial charge in [0.1, 0.15) is 5.37 Å². The highest BCUT2D eigenvalue weighted by Gasteiger charge is 2.34. The van der Waals surface area contributed by atoms with Gasteiger partial charge in [-0.1, -0.05) is 24.3 Å². The first kappa shape index (κ1) is 15.3. The highest BCUT2D eigenvalue weighted by Crippen LogP contribution is 2.41. The molecule has 0 saturated carbocycles. The van der Waals surface area contributed by atoms with Crippen molar-refractivity contribution in [2.45, 2.75) is 11.8 Å². The van der Waals surface area contributed by atoms with E-state index in [1.165, 1.54) is 16.5 Å². The summed E-state index contributed by atoms with van der Waals surface area (Å²) in [4.78, 5) is 18.8. The van der Waals surface area contributed by atoms with E-state index in [1.54, 1.807) is 18.0 Å². The molecule has 1 atom stereocenters. The lowest BCUT2D eigenvalue weighted by molar-refractivity contribution is -0.128. The number of carbonyl (C=O) groups excluding carboxylic acids is 1. The van der Waals surface area contributed by atoms with Gasteiger partial charge in [0, 0.05) is 54.6 Å². The smallest absolute Gasteiger partial charge is 0.233 e. The highest BCUT2D eigenvalue weighted by molar-refractivity contribution is 8.00. The number of thioether (sulfide) groups is 1. The molecular weight excluding hydrogens is 318 g/mol. The molecule has 1 aliphatic rings. The summed E-state index contributed by atoms with van der Waals surface area (Å²) in [5.74, 6) is 0.768. The number of benzene rings is 1. The zero-order valence-corrected chi connectivity index (χ0v) is 14.4. The molecule has 4 nitrogen and oxygen atoms in total. The molecule has 4 rings (SSSR count). The van der Waals surface area contributed by atoms with Crippen LogP contribution in [0.4, 0.5) is 0 Å². The molecule has 1 unspecified atom stereocenters. The third kappa shape index (κ3) is 2.69. The largest absolute Gasteiger partial charge is 0.350 e. The Kier molecular flexibility index (Phi) is 4.02. The second-order valence-corrected chi connectivity index (χ2v) is 7.10. The van der Waals surface area contributed by atoms with Crippen LogP contribution in [0.15, 0.2) is 54.9 Å². The molecule has 122 valence electrons. The van der Waals surface area contributed by atoms with Crippen molar-refractivity contribution in [3.05, 3.63) is 66.1 Å². The van der Waals surface area contributed by atoms with Gasteiger partial charge in [-0.15, -0.1) is 11.8 Å². The standard InChI is InChI=1S/C19H19N3OS/c1-21-12-16(15-7-2-3-8-17(15)21)19-22(18(23)13-24-19)11-9-14-6-4-5-10-20-14/h2-8,10,12,19H,9,11,13H2,1H3. The summed E-state index contributed by atoms with van der Waals surface area (Å²) in [7, 11) is 2.06. The molecule has 0 bridgehead atoms. The van der Waals surface area contributed by atoms with Gasteiger partial charge in [0.25, 0.3) is 0 Å². The average Bonchev–Trinajstić information content (AvgIpc) is 3.14. The maximum atomic E-state index is 12.4. The zero-order chi connectivity index (χ0) is 16.5. The molecule has 24 heavy (non-hydrogen) atoms. The quantitative estimate of drug-likeness (QED) is 0.732. The van der Waals surface area contributed by atoms with Gasteiger partial charge >= 0.3 is 0 Å². The Morgan fingerprint density at radius 3 is 2.88 bits per heavy atom. The van der Waals surface area contributed by atoms with Crippen LogP contribution in [0.25, 0.3) is 10.9 Å². The van der Waals surface area contributed by atoms with Gasteiger partial charge in [-0.2, -0.15) is 0 Å². The maximum absolute atomic E-state index is 12.4. The Bertz CT molecular complexity index is 875. The summed E-state index contributed by atoms with van der Waals surface area (Å²) in [6.07, 6.45) is 4.75. The lowest BCUT2D eigenvalue weighted by Gasteiger charge is -2.23. The first-order valence-electron chi connectivity index (χ1n) is 8.09. The number of hydrogen-bond donors (Lipinski definition) is 0. The van der Waals surface area contributed by atoms with Crippen LogP contribution in [0.3, 0.4) is 0 Å². The van der Waals surface area contributed by atoms with Crippen LogP contribution in [0.5, 0.6) is 0 Å². The van der Waals surface area contributed by atoms with E-state index >= 15 is 0 Å². The molecule has 1 amide bonds. The predicted octanol–water partition coefficient (Wildman–Crippen LogP) is 3.39. The third-order valence-corrected chi connectivity index (χ3v) is 5.73. The highest BCUT2D eigenvalue weighted by atomic mass is 32.2. The Morgan fingerprint density at radius 1 is 1.21 bits per heavy atom. The van der Waals surface area contributed by atoms with E-state index < -0.39 is 0 Å². The summed E-state index contributed by atoms with van der Waals surface area (Å²) >= 11 is 1.72. The number of nitrogens with zero attached hydrogens (tertiary/aromatic N) is 3. The number of carbonyl (C=O) groups is 1. The normalized spacial score (nSPS) is 17.8. The Labute approximate surface area is 145 Å².